The summed E-state index contributed by atoms with van der Waals surface area (Å²) in [5.41, 5.74) is 41.0. The van der Waals surface area contributed by atoms with Gasteiger partial charge in [0.05, 0.1) is 56.9 Å². The number of Topliss-reactive ketones (excluding diaryl/α,β-unsaturated/α-hetero) is 3. The van der Waals surface area contributed by atoms with E-state index in [1.807, 2.05) is 195 Å². The van der Waals surface area contributed by atoms with Crippen molar-refractivity contribution in [3.8, 4) is 170 Å². The van der Waals surface area contributed by atoms with Crippen LogP contribution in [0.3, 0.4) is 0 Å². The van der Waals surface area contributed by atoms with E-state index in [0.29, 0.717) is 23.4 Å². The lowest BCUT2D eigenvalue weighted by Gasteiger charge is -2.03. The number of carbonyl (C=O) groups is 3. The molecule has 10 aromatic carbocycles. The molecule has 0 spiro atoms. The predicted octanol–water partition coefficient (Wildman–Crippen LogP) is 26.2. The second-order valence-electron chi connectivity index (χ2n) is 32.7. The molecule has 10 heterocycles. The number of aromatic nitrogens is 15. The average molecular weight is 1770 g/mol. The number of nitrogens with two attached hydrogens (primary N) is 1. The Morgan fingerprint density at radius 1 is 0.252 bits per heavy atom. The van der Waals surface area contributed by atoms with Crippen LogP contribution in [0, 0.1) is 41.5 Å². The number of ketones is 3. The monoisotopic (exact) mass is 1770 g/mol. The molecule has 0 amide bonds. The molecule has 0 aliphatic rings. The molecule has 662 valence electrons. The molecule has 0 saturated heterocycles. The van der Waals surface area contributed by atoms with Crippen LogP contribution >= 0.6 is 0 Å². The molecule has 0 saturated carbocycles. The number of H-pyrrole nitrogens is 5. The number of amidine groups is 1. The number of pyridine rings is 5. The van der Waals surface area contributed by atoms with Crippen LogP contribution in [-0.4, -0.2) is 105 Å². The van der Waals surface area contributed by atoms with Crippen LogP contribution in [0.15, 0.2) is 370 Å². The van der Waals surface area contributed by atoms with E-state index in [1.54, 1.807) is 70.5 Å². The summed E-state index contributed by atoms with van der Waals surface area (Å²) in [4.78, 5) is 101. The minimum Gasteiger partial charge on any atom is -0.384 e. The number of imidazole rings is 5. The zero-order valence-corrected chi connectivity index (χ0v) is 76.6. The minimum absolute atomic E-state index is 0.0546. The van der Waals surface area contributed by atoms with Gasteiger partial charge in [-0.05, 0) is 146 Å². The molecular weight excluding hydrogens is 1670 g/mol. The van der Waals surface area contributed by atoms with Gasteiger partial charge in [0, 0.05) is 181 Å². The first-order valence-electron chi connectivity index (χ1n) is 44.4. The first kappa shape index (κ1) is 90.8. The maximum atomic E-state index is 11.9. The molecule has 0 fully saturated rings. The standard InChI is InChI=1S/C24H21N3O.C23H21N5.2C23H19N3O.C22H19N3/c1-3-21(28)17-7-9-19(10-8-17)24-26-22(18-11-13-25-14-12-18)23(27-24)20-6-4-5-16(2)15-20;1-15-4-3-5-19(14-15)21-20(16-10-12-26-13-11-16)27-23(28-21)18-8-6-17(7-9-18)22(24)25-2;2*1-15-4-3-5-20(14-15)22-21(18-10-12-24-13-11-18)25-23(26-22)19-8-6-17(7-9-19)16(2)27;1-15-6-8-18(9-7-15)22-24-20(17-10-12-23-13-11-17)21(25-22)19-5-3-4-16(2)14-19/h4-15H,3H2,1-2H3,(H,26,27);3-14H,1-2H3,(H2,24,25)(H,27,28);2*3-14H,1-2H3,(H,25,26);3-14H,1-2H3,(H,24,25). The Kier molecular flexibility index (Phi) is 28.5. The van der Waals surface area contributed by atoms with Crippen molar-refractivity contribution in [2.75, 3.05) is 7.05 Å². The highest BCUT2D eigenvalue weighted by Gasteiger charge is 2.23. The van der Waals surface area contributed by atoms with Gasteiger partial charge in [-0.25, -0.2) is 24.9 Å². The first-order valence-corrected chi connectivity index (χ1v) is 44.4. The number of nitrogens with one attached hydrogen (secondary N) is 5. The van der Waals surface area contributed by atoms with Gasteiger partial charge >= 0.3 is 0 Å². The molecule has 0 aliphatic heterocycles. The van der Waals surface area contributed by atoms with Crippen LogP contribution < -0.4 is 5.73 Å². The molecule has 10 aromatic heterocycles. The summed E-state index contributed by atoms with van der Waals surface area (Å²) in [6, 6.07) is 101. The SMILES string of the molecule is CC(=O)c1ccc(-c2nc(-c3cccc(C)c3)c(-c3ccncc3)[nH]2)cc1.CC(=O)c1ccc(-c2nc(-c3cccc(C)c3)c(-c3ccncc3)[nH]2)cc1.CCC(=O)c1ccc(-c2nc(-c3cccc(C)c3)c(-c3ccncc3)[nH]2)cc1.CN=C(N)c1ccc(-c2nc(-c3cccc(C)c3)c(-c3ccncc3)[nH]2)cc1.Cc1ccc(-c2nc(-c3cccc(C)c3)c(-c3ccncc3)[nH]2)cc1. The van der Waals surface area contributed by atoms with Gasteiger partial charge in [-0.15, -0.1) is 0 Å². The Hall–Kier alpha value is -17.5. The molecule has 0 bridgehead atoms. The Labute approximate surface area is 784 Å². The highest BCUT2D eigenvalue weighted by molar-refractivity contribution is 5.99. The van der Waals surface area contributed by atoms with E-state index < -0.39 is 0 Å². The van der Waals surface area contributed by atoms with Crippen molar-refractivity contribution in [1.29, 1.82) is 0 Å². The van der Waals surface area contributed by atoms with Gasteiger partial charge in [0.1, 0.15) is 35.0 Å². The number of hydrogen-bond acceptors (Lipinski definition) is 14. The smallest absolute Gasteiger partial charge is 0.162 e. The second kappa shape index (κ2) is 42.4. The molecule has 20 heteroatoms. The molecule has 0 unspecified atom stereocenters. The van der Waals surface area contributed by atoms with E-state index >= 15 is 0 Å². The zero-order chi connectivity index (χ0) is 93.9. The van der Waals surface area contributed by atoms with E-state index in [9.17, 15) is 14.4 Å². The molecule has 135 heavy (non-hydrogen) atoms. The van der Waals surface area contributed by atoms with Gasteiger partial charge in [0.25, 0.3) is 0 Å². The molecule has 0 atom stereocenters. The van der Waals surface area contributed by atoms with Crippen molar-refractivity contribution in [3.63, 3.8) is 0 Å². The van der Waals surface area contributed by atoms with Crippen molar-refractivity contribution < 1.29 is 14.4 Å². The number of aliphatic imine (C=N–C) groups is 1. The largest absolute Gasteiger partial charge is 0.384 e. The van der Waals surface area contributed by atoms with E-state index in [-0.39, 0.29) is 17.3 Å². The van der Waals surface area contributed by atoms with Crippen molar-refractivity contribution in [2.24, 2.45) is 10.7 Å². The molecular formula is C115H99N17O3. The van der Waals surface area contributed by atoms with Crippen molar-refractivity contribution in [1.82, 2.24) is 74.8 Å². The summed E-state index contributed by atoms with van der Waals surface area (Å²) in [6.45, 7) is 17.5. The summed E-state index contributed by atoms with van der Waals surface area (Å²) in [6.07, 6.45) is 18.4. The molecule has 7 N–H and O–H groups in total. The van der Waals surface area contributed by atoms with Crippen LogP contribution in [0.4, 0.5) is 0 Å². The van der Waals surface area contributed by atoms with Gasteiger partial charge in [-0.1, -0.05) is 253 Å². The first-order chi connectivity index (χ1) is 65.7. The Morgan fingerprint density at radius 3 is 0.659 bits per heavy atom. The van der Waals surface area contributed by atoms with Crippen molar-refractivity contribution in [3.05, 3.63) is 421 Å². The van der Waals surface area contributed by atoms with Crippen molar-refractivity contribution >= 4 is 23.2 Å². The third-order valence-electron chi connectivity index (χ3n) is 22.8. The van der Waals surface area contributed by atoms with Gasteiger partial charge in [-0.2, -0.15) is 0 Å². The Morgan fingerprint density at radius 2 is 0.459 bits per heavy atom. The third kappa shape index (κ3) is 22.2. The van der Waals surface area contributed by atoms with Gasteiger partial charge < -0.3 is 30.7 Å². The number of hydrogen-bond donors (Lipinski definition) is 6. The van der Waals surface area contributed by atoms with Crippen LogP contribution in [0.25, 0.3) is 170 Å². The number of rotatable bonds is 20. The topological polar surface area (TPSA) is 297 Å². The Balaban J connectivity index is 0.000000123. The average Bonchev–Trinajstić information content (AvgIpc) is 1.67. The van der Waals surface area contributed by atoms with Crippen LogP contribution in [0.2, 0.25) is 0 Å². The van der Waals surface area contributed by atoms with Gasteiger partial charge in [0.2, 0.25) is 0 Å². The van der Waals surface area contributed by atoms with Crippen LogP contribution in [-0.2, 0) is 0 Å². The molecule has 20 nitrogen and oxygen atoms in total. The van der Waals surface area contributed by atoms with Crippen molar-refractivity contribution in [2.45, 2.75) is 68.7 Å². The fourth-order valence-corrected chi connectivity index (χ4v) is 15.6. The molecule has 0 aliphatic carbocycles. The fourth-order valence-electron chi connectivity index (χ4n) is 15.6. The highest BCUT2D eigenvalue weighted by atomic mass is 16.1. The summed E-state index contributed by atoms with van der Waals surface area (Å²) in [7, 11) is 1.69. The summed E-state index contributed by atoms with van der Waals surface area (Å²) >= 11 is 0. The maximum Gasteiger partial charge on any atom is 0.162 e. The lowest BCUT2D eigenvalue weighted by Crippen LogP contribution is -2.12. The van der Waals surface area contributed by atoms with Crippen LogP contribution in [0.1, 0.15) is 97.2 Å². The summed E-state index contributed by atoms with van der Waals surface area (Å²) in [5, 5.41) is 0. The van der Waals surface area contributed by atoms with E-state index in [4.69, 9.17) is 30.7 Å². The normalized spacial score (nSPS) is 10.9. The second-order valence-corrected chi connectivity index (χ2v) is 32.7. The Bertz CT molecular complexity index is 7340. The number of carbonyl (C=O) groups excluding carboxylic acids is 3. The third-order valence-corrected chi connectivity index (χ3v) is 22.8. The highest BCUT2D eigenvalue weighted by Crippen LogP contribution is 2.40. The minimum atomic E-state index is 0.0546. The lowest BCUT2D eigenvalue weighted by molar-refractivity contribution is 0.0984. The van der Waals surface area contributed by atoms with E-state index in [1.165, 1.54) is 33.4 Å². The summed E-state index contributed by atoms with van der Waals surface area (Å²) < 4.78 is 0. The number of nitrogens with zero attached hydrogens (tertiary/aromatic N) is 11. The molecule has 0 radical (unpaired) electrons. The van der Waals surface area contributed by atoms with Gasteiger partial charge in [0.15, 0.2) is 17.3 Å². The molecule has 20 rings (SSSR count). The van der Waals surface area contributed by atoms with Crippen LogP contribution in [0.5, 0.6) is 0 Å². The quantitative estimate of drug-likeness (QED) is 0.0235. The zero-order valence-electron chi connectivity index (χ0n) is 76.6. The lowest BCUT2D eigenvalue weighted by atomic mass is 10.0. The predicted molar refractivity (Wildman–Crippen MR) is 543 cm³/mol. The number of aromatic amines is 5. The summed E-state index contributed by atoms with van der Waals surface area (Å²) in [5.74, 6) is 4.77. The van der Waals surface area contributed by atoms with E-state index in [0.717, 1.165) is 181 Å². The number of benzene rings is 10. The molecule has 20 aromatic rings. The van der Waals surface area contributed by atoms with E-state index in [2.05, 4.69) is 224 Å². The van der Waals surface area contributed by atoms with Gasteiger partial charge in [-0.3, -0.25) is 44.3 Å². The fraction of sp³-hybridized carbons (Fsp3) is 0.0957. The maximum absolute atomic E-state index is 11.9. The number of aryl methyl sites for hydroxylation is 6.